The van der Waals surface area contributed by atoms with Gasteiger partial charge in [-0.15, -0.1) is 0 Å². The van der Waals surface area contributed by atoms with E-state index in [0.717, 1.165) is 0 Å². The molecule has 1 unspecified atom stereocenters. The summed E-state index contributed by atoms with van der Waals surface area (Å²) in [5.41, 5.74) is -0.256. The van der Waals surface area contributed by atoms with Crippen molar-refractivity contribution in [2.24, 2.45) is 0 Å². The smallest absolute Gasteiger partial charge is 0.170 e. The number of carbonyl (C=O) groups is 1. The van der Waals surface area contributed by atoms with Crippen LogP contribution in [0, 0.1) is 5.82 Å². The second kappa shape index (κ2) is 4.45. The van der Waals surface area contributed by atoms with Crippen LogP contribution in [0.4, 0.5) is 4.39 Å². The molecule has 1 aliphatic heterocycles. The molecule has 1 atom stereocenters. The Morgan fingerprint density at radius 3 is 3.00 bits per heavy atom. The Balaban J connectivity index is 2.28. The number of rotatable bonds is 3. The standard InChI is InChI=1S/C13H15FO3/c1-3-16-8-13(2)7-11(15)10-5-4-9(14)6-12(10)17-13/h4-6H,3,7-8H2,1-2H3. The highest BCUT2D eigenvalue weighted by molar-refractivity contribution is 6.00. The summed E-state index contributed by atoms with van der Waals surface area (Å²) in [5.74, 6) is -0.130. The number of halogens is 1. The van der Waals surface area contributed by atoms with Crippen LogP contribution in [0.25, 0.3) is 0 Å². The van der Waals surface area contributed by atoms with Gasteiger partial charge in [0.2, 0.25) is 0 Å². The molecule has 0 aromatic heterocycles. The average Bonchev–Trinajstić information content (AvgIpc) is 2.25. The van der Waals surface area contributed by atoms with Gasteiger partial charge in [0.15, 0.2) is 5.78 Å². The third-order valence-corrected chi connectivity index (χ3v) is 2.75. The number of carbonyl (C=O) groups excluding carboxylic acids is 1. The molecule has 1 aromatic rings. The monoisotopic (exact) mass is 238 g/mol. The van der Waals surface area contributed by atoms with Crippen molar-refractivity contribution in [1.82, 2.24) is 0 Å². The van der Waals surface area contributed by atoms with E-state index in [1.165, 1.54) is 18.2 Å². The number of fused-ring (bicyclic) bond motifs is 1. The lowest BCUT2D eigenvalue weighted by atomic mass is 9.92. The van der Waals surface area contributed by atoms with Crippen LogP contribution < -0.4 is 4.74 Å². The van der Waals surface area contributed by atoms with Crippen LogP contribution in [0.2, 0.25) is 0 Å². The van der Waals surface area contributed by atoms with Gasteiger partial charge >= 0.3 is 0 Å². The predicted octanol–water partition coefficient (Wildman–Crippen LogP) is 2.59. The minimum Gasteiger partial charge on any atom is -0.484 e. The first-order valence-corrected chi connectivity index (χ1v) is 5.63. The van der Waals surface area contributed by atoms with Gasteiger partial charge < -0.3 is 9.47 Å². The van der Waals surface area contributed by atoms with Crippen LogP contribution in [0.1, 0.15) is 30.6 Å². The first-order chi connectivity index (χ1) is 8.04. The second-order valence-electron chi connectivity index (χ2n) is 4.43. The number of ether oxygens (including phenoxy) is 2. The van der Waals surface area contributed by atoms with Crippen molar-refractivity contribution in [3.63, 3.8) is 0 Å². The van der Waals surface area contributed by atoms with Crippen LogP contribution >= 0.6 is 0 Å². The van der Waals surface area contributed by atoms with E-state index >= 15 is 0 Å². The van der Waals surface area contributed by atoms with Crippen molar-refractivity contribution in [1.29, 1.82) is 0 Å². The van der Waals surface area contributed by atoms with Crippen LogP contribution in [0.3, 0.4) is 0 Å². The van der Waals surface area contributed by atoms with E-state index < -0.39 is 11.4 Å². The molecular weight excluding hydrogens is 223 g/mol. The maximum absolute atomic E-state index is 13.1. The van der Waals surface area contributed by atoms with Gasteiger partial charge in [0.05, 0.1) is 18.6 Å². The summed E-state index contributed by atoms with van der Waals surface area (Å²) in [6.07, 6.45) is 0.256. The van der Waals surface area contributed by atoms with E-state index in [0.29, 0.717) is 24.5 Å². The van der Waals surface area contributed by atoms with E-state index in [2.05, 4.69) is 0 Å². The third-order valence-electron chi connectivity index (χ3n) is 2.75. The molecule has 0 amide bonds. The Kier molecular flexibility index (Phi) is 3.15. The van der Waals surface area contributed by atoms with Gasteiger partial charge in [-0.25, -0.2) is 4.39 Å². The molecule has 3 nitrogen and oxygen atoms in total. The topological polar surface area (TPSA) is 35.5 Å². The minimum absolute atomic E-state index is 0.0338. The molecule has 0 radical (unpaired) electrons. The summed E-state index contributed by atoms with van der Waals surface area (Å²) in [5, 5.41) is 0. The van der Waals surface area contributed by atoms with Crippen LogP contribution in [-0.4, -0.2) is 24.6 Å². The number of benzene rings is 1. The van der Waals surface area contributed by atoms with Crippen molar-refractivity contribution in [3.05, 3.63) is 29.6 Å². The Labute approximate surface area is 99.5 Å². The number of hydrogen-bond acceptors (Lipinski definition) is 3. The lowest BCUT2D eigenvalue weighted by molar-refractivity contribution is -0.0191. The highest BCUT2D eigenvalue weighted by atomic mass is 19.1. The lowest BCUT2D eigenvalue weighted by Crippen LogP contribution is -2.43. The fourth-order valence-corrected chi connectivity index (χ4v) is 1.95. The van der Waals surface area contributed by atoms with Gasteiger partial charge in [-0.3, -0.25) is 4.79 Å². The summed E-state index contributed by atoms with van der Waals surface area (Å²) >= 11 is 0. The Morgan fingerprint density at radius 2 is 2.29 bits per heavy atom. The van der Waals surface area contributed by atoms with E-state index in [4.69, 9.17) is 9.47 Å². The fourth-order valence-electron chi connectivity index (χ4n) is 1.95. The summed E-state index contributed by atoms with van der Waals surface area (Å²) < 4.78 is 24.1. The second-order valence-corrected chi connectivity index (χ2v) is 4.43. The molecule has 0 saturated carbocycles. The molecule has 92 valence electrons. The Hall–Kier alpha value is -1.42. The first-order valence-electron chi connectivity index (χ1n) is 5.63. The van der Waals surface area contributed by atoms with Gasteiger partial charge in [0, 0.05) is 12.7 Å². The highest BCUT2D eigenvalue weighted by Crippen LogP contribution is 2.33. The number of hydrogen-bond donors (Lipinski definition) is 0. The summed E-state index contributed by atoms with van der Waals surface area (Å²) in [6, 6.07) is 3.98. The molecular formula is C13H15FO3. The van der Waals surface area contributed by atoms with Gasteiger partial charge in [-0.05, 0) is 26.0 Å². The molecule has 0 spiro atoms. The van der Waals surface area contributed by atoms with Crippen molar-refractivity contribution in [3.8, 4) is 5.75 Å². The summed E-state index contributed by atoms with van der Waals surface area (Å²) in [6.45, 7) is 4.56. The maximum atomic E-state index is 13.1. The molecule has 0 saturated heterocycles. The average molecular weight is 238 g/mol. The quantitative estimate of drug-likeness (QED) is 0.812. The first kappa shape index (κ1) is 12.0. The maximum Gasteiger partial charge on any atom is 0.170 e. The van der Waals surface area contributed by atoms with Gasteiger partial charge in [-0.2, -0.15) is 0 Å². The third kappa shape index (κ3) is 2.47. The molecule has 1 heterocycles. The van der Waals surface area contributed by atoms with Crippen molar-refractivity contribution >= 4 is 5.78 Å². The fraction of sp³-hybridized carbons (Fsp3) is 0.462. The van der Waals surface area contributed by atoms with E-state index in [1.54, 1.807) is 6.92 Å². The zero-order valence-corrected chi connectivity index (χ0v) is 9.96. The molecule has 1 aromatic carbocycles. The summed E-state index contributed by atoms with van der Waals surface area (Å²) in [4.78, 5) is 11.9. The molecule has 0 N–H and O–H groups in total. The van der Waals surface area contributed by atoms with Crippen molar-refractivity contribution in [2.45, 2.75) is 25.9 Å². The number of ketones is 1. The zero-order chi connectivity index (χ0) is 12.5. The van der Waals surface area contributed by atoms with Crippen LogP contribution in [0.5, 0.6) is 5.75 Å². The Morgan fingerprint density at radius 1 is 1.53 bits per heavy atom. The molecule has 0 fully saturated rings. The molecule has 1 aliphatic rings. The van der Waals surface area contributed by atoms with Crippen LogP contribution in [-0.2, 0) is 4.74 Å². The van der Waals surface area contributed by atoms with E-state index in [-0.39, 0.29) is 12.2 Å². The molecule has 0 bridgehead atoms. The van der Waals surface area contributed by atoms with E-state index in [9.17, 15) is 9.18 Å². The van der Waals surface area contributed by atoms with Gasteiger partial charge in [0.1, 0.15) is 17.2 Å². The van der Waals surface area contributed by atoms with Gasteiger partial charge in [0.25, 0.3) is 0 Å². The molecule has 4 heteroatoms. The summed E-state index contributed by atoms with van der Waals surface area (Å²) in [7, 11) is 0. The minimum atomic E-state index is -0.701. The van der Waals surface area contributed by atoms with Crippen molar-refractivity contribution < 1.29 is 18.7 Å². The normalized spacial score (nSPS) is 23.1. The van der Waals surface area contributed by atoms with Crippen LogP contribution in [0.15, 0.2) is 18.2 Å². The molecule has 0 aliphatic carbocycles. The Bertz CT molecular complexity index is 444. The highest BCUT2D eigenvalue weighted by Gasteiger charge is 2.36. The molecule has 2 rings (SSSR count). The predicted molar refractivity (Wildman–Crippen MR) is 60.9 cm³/mol. The van der Waals surface area contributed by atoms with Gasteiger partial charge in [-0.1, -0.05) is 0 Å². The van der Waals surface area contributed by atoms with Crippen molar-refractivity contribution in [2.75, 3.05) is 13.2 Å². The number of Topliss-reactive ketones (excluding diaryl/α,β-unsaturated/α-hetero) is 1. The largest absolute Gasteiger partial charge is 0.484 e. The van der Waals surface area contributed by atoms with E-state index in [1.807, 2.05) is 6.92 Å². The zero-order valence-electron chi connectivity index (χ0n) is 9.96. The molecule has 17 heavy (non-hydrogen) atoms. The SMILES string of the molecule is CCOCC1(C)CC(=O)c2ccc(F)cc2O1. The lowest BCUT2D eigenvalue weighted by Gasteiger charge is -2.34.